The average Bonchev–Trinajstić information content (AvgIpc) is 3.18. The van der Waals surface area contributed by atoms with Crippen LogP contribution in [-0.2, 0) is 32.7 Å². The van der Waals surface area contributed by atoms with Crippen LogP contribution in [0.1, 0.15) is 174 Å². The van der Waals surface area contributed by atoms with Crippen molar-refractivity contribution in [2.75, 3.05) is 47.5 Å². The number of hydrogen-bond donors (Lipinski definition) is 1. The monoisotopic (exact) mass is 852 g/mol. The number of hydrogen-bond acceptors (Lipinski definition) is 9. The number of esters is 2. The van der Waals surface area contributed by atoms with Gasteiger partial charge in [0.1, 0.15) is 19.8 Å². The summed E-state index contributed by atoms with van der Waals surface area (Å²) in [5.74, 6) is -0.949. The first-order valence-electron chi connectivity index (χ1n) is 23.1. The van der Waals surface area contributed by atoms with Crippen LogP contribution in [0.5, 0.6) is 0 Å². The molecule has 0 fully saturated rings. The normalized spacial score (nSPS) is 14.6. The summed E-state index contributed by atoms with van der Waals surface area (Å²) in [5, 5.41) is 10.1. The van der Waals surface area contributed by atoms with Crippen LogP contribution in [0.4, 0.5) is 0 Å². The van der Waals surface area contributed by atoms with Gasteiger partial charge in [-0.25, -0.2) is 0 Å². The molecule has 0 radical (unpaired) electrons. The van der Waals surface area contributed by atoms with Gasteiger partial charge in [-0.1, -0.05) is 152 Å². The molecular weight excluding hydrogens is 765 g/mol. The molecule has 0 saturated heterocycles. The Morgan fingerprint density at radius 1 is 0.627 bits per heavy atom. The molecule has 0 aromatic rings. The second-order valence-corrected chi connectivity index (χ2v) is 18.0. The Bertz CT molecular complexity index is 1210. The summed E-state index contributed by atoms with van der Waals surface area (Å²) in [7, 11) is 1.09. The number of carbonyl (C=O) groups excluding carboxylic acids is 2. The van der Waals surface area contributed by atoms with E-state index in [1.165, 1.54) is 83.5 Å². The SMILES string of the molecule is CCCCC/C=C\C=C/[C@@H](O)C/C=C\C/C=C/CCCC(=O)OC[C@H](COP(=O)([O-])OCC[N+](C)(C)C)OC(=O)CCCCCCCCC/C=C\CCCCCCCC. The van der Waals surface area contributed by atoms with Gasteiger partial charge >= 0.3 is 11.9 Å². The summed E-state index contributed by atoms with van der Waals surface area (Å²) in [5.41, 5.74) is 0. The highest BCUT2D eigenvalue weighted by Gasteiger charge is 2.21. The van der Waals surface area contributed by atoms with Gasteiger partial charge in [0.2, 0.25) is 0 Å². The van der Waals surface area contributed by atoms with Gasteiger partial charge in [-0.05, 0) is 70.6 Å². The van der Waals surface area contributed by atoms with Crippen LogP contribution in [0.25, 0.3) is 0 Å². The number of likely N-dealkylation sites (N-methyl/N-ethyl adjacent to an activating group) is 1. The van der Waals surface area contributed by atoms with E-state index in [9.17, 15) is 24.2 Å². The second-order valence-electron chi connectivity index (χ2n) is 16.6. The van der Waals surface area contributed by atoms with Crippen molar-refractivity contribution < 1.29 is 47.2 Å². The zero-order valence-electron chi connectivity index (χ0n) is 38.0. The predicted molar refractivity (Wildman–Crippen MR) is 242 cm³/mol. The van der Waals surface area contributed by atoms with E-state index in [0.29, 0.717) is 36.7 Å². The molecule has 1 unspecified atom stereocenters. The molecule has 0 aliphatic heterocycles. The summed E-state index contributed by atoms with van der Waals surface area (Å²) in [6.07, 6.45) is 44.2. The molecule has 0 spiro atoms. The van der Waals surface area contributed by atoms with Crippen molar-refractivity contribution in [3.05, 3.63) is 60.8 Å². The third-order valence-corrected chi connectivity index (χ3v) is 10.6. The number of rotatable bonds is 41. The van der Waals surface area contributed by atoms with Crippen LogP contribution in [0.3, 0.4) is 0 Å². The average molecular weight is 852 g/mol. The molecular formula is C48H86NO9P. The van der Waals surface area contributed by atoms with Crippen molar-refractivity contribution in [2.45, 2.75) is 187 Å². The van der Waals surface area contributed by atoms with Gasteiger partial charge in [-0.15, -0.1) is 0 Å². The van der Waals surface area contributed by atoms with Gasteiger partial charge in [-0.2, -0.15) is 0 Å². The molecule has 0 aliphatic carbocycles. The Morgan fingerprint density at radius 3 is 1.81 bits per heavy atom. The molecule has 1 N–H and O–H groups in total. The summed E-state index contributed by atoms with van der Waals surface area (Å²) < 4.78 is 33.8. The quantitative estimate of drug-likeness (QED) is 0.0159. The molecule has 10 nitrogen and oxygen atoms in total. The van der Waals surface area contributed by atoms with Crippen LogP contribution < -0.4 is 4.89 Å². The standard InChI is InChI=1S/C48H86NO9P/c1-6-8-10-12-14-15-16-17-18-19-20-21-22-23-27-32-36-40-48(52)58-46(44-57-59(53,54)56-42-41-49(3,4)5)43-55-47(51)39-35-31-28-24-26-30-34-38-45(50)37-33-29-25-13-11-9-7-2/h17-18,24-25,28-30,33-34,37,45-46,50H,6-16,19-23,26-27,31-32,35-36,38-44H2,1-5H3/b18-17-,28-24+,29-25-,34-30-,37-33-/t45-,46-/m1/s1. The predicted octanol–water partition coefficient (Wildman–Crippen LogP) is 11.6. The minimum atomic E-state index is -4.66. The highest BCUT2D eigenvalue weighted by molar-refractivity contribution is 7.45. The number of phosphoric ester groups is 1. The van der Waals surface area contributed by atoms with Gasteiger partial charge in [0.15, 0.2) is 6.10 Å². The first-order valence-corrected chi connectivity index (χ1v) is 24.6. The lowest BCUT2D eigenvalue weighted by Crippen LogP contribution is -2.37. The molecule has 0 bridgehead atoms. The van der Waals surface area contributed by atoms with Gasteiger partial charge in [-0.3, -0.25) is 14.2 Å². The van der Waals surface area contributed by atoms with Crippen molar-refractivity contribution in [1.29, 1.82) is 0 Å². The van der Waals surface area contributed by atoms with Gasteiger partial charge in [0, 0.05) is 12.8 Å². The number of carbonyl (C=O) groups is 2. The fourth-order valence-electron chi connectivity index (χ4n) is 5.90. The van der Waals surface area contributed by atoms with Crippen LogP contribution >= 0.6 is 7.82 Å². The number of phosphoric acid groups is 1. The molecule has 0 aromatic carbocycles. The van der Waals surface area contributed by atoms with Gasteiger partial charge < -0.3 is 33.0 Å². The highest BCUT2D eigenvalue weighted by atomic mass is 31.2. The molecule has 0 saturated carbocycles. The fourth-order valence-corrected chi connectivity index (χ4v) is 6.63. The van der Waals surface area contributed by atoms with Crippen molar-refractivity contribution in [3.8, 4) is 0 Å². The number of nitrogens with zero attached hydrogens (tertiary/aromatic N) is 1. The van der Waals surface area contributed by atoms with Crippen LogP contribution in [-0.4, -0.2) is 81.2 Å². The minimum Gasteiger partial charge on any atom is -0.756 e. The third kappa shape index (κ3) is 43.6. The highest BCUT2D eigenvalue weighted by Crippen LogP contribution is 2.38. The van der Waals surface area contributed by atoms with Crippen molar-refractivity contribution >= 4 is 19.8 Å². The van der Waals surface area contributed by atoms with Gasteiger partial charge in [0.05, 0.1) is 33.9 Å². The Morgan fingerprint density at radius 2 is 1.15 bits per heavy atom. The van der Waals surface area contributed by atoms with E-state index in [0.717, 1.165) is 38.5 Å². The number of aliphatic hydroxyl groups excluding tert-OH is 1. The molecule has 0 amide bonds. The lowest BCUT2D eigenvalue weighted by molar-refractivity contribution is -0.870. The molecule has 0 rings (SSSR count). The smallest absolute Gasteiger partial charge is 0.306 e. The van der Waals surface area contributed by atoms with Crippen LogP contribution in [0, 0.1) is 0 Å². The van der Waals surface area contributed by atoms with E-state index in [2.05, 4.69) is 32.1 Å². The first-order chi connectivity index (χ1) is 28.4. The summed E-state index contributed by atoms with van der Waals surface area (Å²) in [6, 6.07) is 0. The van der Waals surface area contributed by atoms with Crippen LogP contribution in [0.15, 0.2) is 60.8 Å². The minimum absolute atomic E-state index is 0.0527. The number of quaternary nitrogens is 1. The largest absolute Gasteiger partial charge is 0.756 e. The molecule has 11 heteroatoms. The molecule has 342 valence electrons. The van der Waals surface area contributed by atoms with Crippen LogP contribution in [0.2, 0.25) is 0 Å². The summed E-state index contributed by atoms with van der Waals surface area (Å²) >= 11 is 0. The number of aliphatic hydroxyl groups is 1. The Labute approximate surface area is 360 Å². The second kappa shape index (κ2) is 39.8. The Balaban J connectivity index is 4.49. The summed E-state index contributed by atoms with van der Waals surface area (Å²) in [4.78, 5) is 37.6. The van der Waals surface area contributed by atoms with Crippen molar-refractivity contribution in [3.63, 3.8) is 0 Å². The maximum absolute atomic E-state index is 12.7. The molecule has 0 heterocycles. The number of unbranched alkanes of at least 4 members (excludes halogenated alkanes) is 17. The Kier molecular flexibility index (Phi) is 38.2. The lowest BCUT2D eigenvalue weighted by Gasteiger charge is -2.28. The first kappa shape index (κ1) is 56.7. The van der Waals surface area contributed by atoms with E-state index in [4.69, 9.17) is 18.5 Å². The molecule has 59 heavy (non-hydrogen) atoms. The third-order valence-electron chi connectivity index (χ3n) is 9.59. The van der Waals surface area contributed by atoms with E-state index in [1.807, 2.05) is 57.6 Å². The van der Waals surface area contributed by atoms with Crippen molar-refractivity contribution in [2.24, 2.45) is 0 Å². The van der Waals surface area contributed by atoms with E-state index in [-0.39, 0.29) is 26.1 Å². The van der Waals surface area contributed by atoms with E-state index < -0.39 is 38.6 Å². The maximum atomic E-state index is 12.7. The summed E-state index contributed by atoms with van der Waals surface area (Å²) in [6.45, 7) is 4.03. The van der Waals surface area contributed by atoms with Gasteiger partial charge in [0.25, 0.3) is 7.82 Å². The van der Waals surface area contributed by atoms with E-state index in [1.54, 1.807) is 6.08 Å². The van der Waals surface area contributed by atoms with E-state index >= 15 is 0 Å². The molecule has 0 aromatic heterocycles. The zero-order valence-corrected chi connectivity index (χ0v) is 38.9. The number of ether oxygens (including phenoxy) is 2. The lowest BCUT2D eigenvalue weighted by atomic mass is 10.1. The maximum Gasteiger partial charge on any atom is 0.306 e. The number of allylic oxidation sites excluding steroid dienone is 8. The fraction of sp³-hybridized carbons (Fsp3) is 0.750. The Hall–Kier alpha value is -2.33. The molecule has 3 atom stereocenters. The zero-order chi connectivity index (χ0) is 43.7. The molecule has 0 aliphatic rings. The topological polar surface area (TPSA) is 131 Å². The van der Waals surface area contributed by atoms with Crippen molar-refractivity contribution in [1.82, 2.24) is 0 Å².